The zero-order valence-electron chi connectivity index (χ0n) is 8.90. The summed E-state index contributed by atoms with van der Waals surface area (Å²) < 4.78 is 9.80. The second-order valence-electron chi connectivity index (χ2n) is 3.25. The predicted octanol–water partition coefficient (Wildman–Crippen LogP) is 0.874. The fourth-order valence-corrected chi connectivity index (χ4v) is 1.04. The van der Waals surface area contributed by atoms with E-state index in [0.717, 1.165) is 5.56 Å². The quantitative estimate of drug-likeness (QED) is 0.747. The molecule has 0 heterocycles. The molecule has 0 saturated carbocycles. The summed E-state index contributed by atoms with van der Waals surface area (Å²) in [6.07, 6.45) is 0. The van der Waals surface area contributed by atoms with Gasteiger partial charge in [-0.15, -0.1) is 0 Å². The largest absolute Gasteiger partial charge is 0.491 e. The third kappa shape index (κ3) is 3.59. The Balaban J connectivity index is 2.43. The summed E-state index contributed by atoms with van der Waals surface area (Å²) in [5.41, 5.74) is 6.66. The summed E-state index contributed by atoms with van der Waals surface area (Å²) in [4.78, 5) is 11.0. The van der Waals surface area contributed by atoms with Gasteiger partial charge in [-0.2, -0.15) is 0 Å². The lowest BCUT2D eigenvalue weighted by Crippen LogP contribution is -2.37. The Bertz CT molecular complexity index is 321. The number of rotatable bonds is 4. The topological polar surface area (TPSA) is 61.5 Å². The highest BCUT2D eigenvalue weighted by molar-refractivity contribution is 5.75. The van der Waals surface area contributed by atoms with Gasteiger partial charge < -0.3 is 15.2 Å². The zero-order valence-corrected chi connectivity index (χ0v) is 8.90. The van der Waals surface area contributed by atoms with Crippen molar-refractivity contribution in [3.8, 4) is 5.75 Å². The average Bonchev–Trinajstić information content (AvgIpc) is 2.26. The van der Waals surface area contributed by atoms with E-state index in [4.69, 9.17) is 10.5 Å². The third-order valence-corrected chi connectivity index (χ3v) is 1.95. The number of carbonyl (C=O) groups excluding carboxylic acids is 1. The van der Waals surface area contributed by atoms with Crippen molar-refractivity contribution in [2.24, 2.45) is 5.73 Å². The number of benzene rings is 1. The summed E-state index contributed by atoms with van der Waals surface area (Å²) >= 11 is 0. The zero-order chi connectivity index (χ0) is 11.3. The van der Waals surface area contributed by atoms with E-state index < -0.39 is 12.0 Å². The number of aryl methyl sites for hydroxylation is 1. The van der Waals surface area contributed by atoms with Crippen LogP contribution in [0.5, 0.6) is 5.75 Å². The molecule has 1 rings (SSSR count). The van der Waals surface area contributed by atoms with Crippen LogP contribution in [0.2, 0.25) is 0 Å². The molecule has 0 radical (unpaired) electrons. The van der Waals surface area contributed by atoms with Gasteiger partial charge in [-0.1, -0.05) is 17.7 Å². The molecular weight excluding hydrogens is 194 g/mol. The standard InChI is InChI=1S/C11H15NO3/c1-8-3-5-9(6-4-8)15-7-10(12)11(13)14-2/h3-6,10H,7,12H2,1-2H3. The fourth-order valence-electron chi connectivity index (χ4n) is 1.04. The highest BCUT2D eigenvalue weighted by Gasteiger charge is 2.13. The molecule has 15 heavy (non-hydrogen) atoms. The molecule has 2 N–H and O–H groups in total. The van der Waals surface area contributed by atoms with Crippen molar-refractivity contribution in [3.05, 3.63) is 29.8 Å². The number of esters is 1. The van der Waals surface area contributed by atoms with Gasteiger partial charge in [0.1, 0.15) is 18.4 Å². The van der Waals surface area contributed by atoms with Crippen molar-refractivity contribution < 1.29 is 14.3 Å². The highest BCUT2D eigenvalue weighted by Crippen LogP contribution is 2.11. The number of hydrogen-bond acceptors (Lipinski definition) is 4. The van der Waals surface area contributed by atoms with E-state index in [9.17, 15) is 4.79 Å². The van der Waals surface area contributed by atoms with Gasteiger partial charge in [0.05, 0.1) is 7.11 Å². The van der Waals surface area contributed by atoms with Crippen molar-refractivity contribution >= 4 is 5.97 Å². The first-order valence-corrected chi connectivity index (χ1v) is 4.66. The van der Waals surface area contributed by atoms with E-state index in [1.165, 1.54) is 7.11 Å². The summed E-state index contributed by atoms with van der Waals surface area (Å²) in [7, 11) is 1.30. The molecule has 1 aromatic rings. The maximum Gasteiger partial charge on any atom is 0.326 e. The molecule has 4 heteroatoms. The van der Waals surface area contributed by atoms with Crippen molar-refractivity contribution in [3.63, 3.8) is 0 Å². The average molecular weight is 209 g/mol. The minimum absolute atomic E-state index is 0.121. The van der Waals surface area contributed by atoms with Gasteiger partial charge in [0.25, 0.3) is 0 Å². The Labute approximate surface area is 89.0 Å². The van der Waals surface area contributed by atoms with Gasteiger partial charge in [-0.3, -0.25) is 4.79 Å². The van der Waals surface area contributed by atoms with Crippen molar-refractivity contribution in [2.75, 3.05) is 13.7 Å². The first-order chi connectivity index (χ1) is 7.13. The molecule has 0 aliphatic carbocycles. The van der Waals surface area contributed by atoms with E-state index >= 15 is 0 Å². The van der Waals surface area contributed by atoms with Gasteiger partial charge >= 0.3 is 5.97 Å². The normalized spacial score (nSPS) is 11.9. The first kappa shape index (κ1) is 11.5. The van der Waals surface area contributed by atoms with E-state index in [1.807, 2.05) is 31.2 Å². The Hall–Kier alpha value is -1.55. The summed E-state index contributed by atoms with van der Waals surface area (Å²) in [6, 6.07) is 6.78. The van der Waals surface area contributed by atoms with Crippen LogP contribution in [0.15, 0.2) is 24.3 Å². The Morgan fingerprint density at radius 1 is 1.40 bits per heavy atom. The fraction of sp³-hybridized carbons (Fsp3) is 0.364. The van der Waals surface area contributed by atoms with Crippen LogP contribution in [-0.2, 0) is 9.53 Å². The molecule has 0 aromatic heterocycles. The number of ether oxygens (including phenoxy) is 2. The number of hydrogen-bond donors (Lipinski definition) is 1. The molecule has 0 saturated heterocycles. The van der Waals surface area contributed by atoms with Crippen molar-refractivity contribution in [1.82, 2.24) is 0 Å². The van der Waals surface area contributed by atoms with Crippen LogP contribution in [0.4, 0.5) is 0 Å². The lowest BCUT2D eigenvalue weighted by Gasteiger charge is -2.11. The second-order valence-corrected chi connectivity index (χ2v) is 3.25. The number of carbonyl (C=O) groups is 1. The maximum atomic E-state index is 11.0. The van der Waals surface area contributed by atoms with Crippen LogP contribution in [-0.4, -0.2) is 25.7 Å². The van der Waals surface area contributed by atoms with Gasteiger partial charge in [0, 0.05) is 0 Å². The first-order valence-electron chi connectivity index (χ1n) is 4.66. The predicted molar refractivity (Wildman–Crippen MR) is 56.7 cm³/mol. The van der Waals surface area contributed by atoms with E-state index in [1.54, 1.807) is 0 Å². The molecular formula is C11H15NO3. The molecule has 1 atom stereocenters. The van der Waals surface area contributed by atoms with Crippen LogP contribution in [0.25, 0.3) is 0 Å². The van der Waals surface area contributed by atoms with Gasteiger partial charge in [-0.25, -0.2) is 0 Å². The molecule has 0 spiro atoms. The minimum atomic E-state index is -0.740. The van der Waals surface area contributed by atoms with Crippen LogP contribution in [0.1, 0.15) is 5.56 Å². The van der Waals surface area contributed by atoms with E-state index in [2.05, 4.69) is 4.74 Å². The molecule has 82 valence electrons. The van der Waals surface area contributed by atoms with Gasteiger partial charge in [0.2, 0.25) is 0 Å². The molecule has 1 unspecified atom stereocenters. The van der Waals surface area contributed by atoms with Crippen LogP contribution in [0, 0.1) is 6.92 Å². The van der Waals surface area contributed by atoms with E-state index in [0.29, 0.717) is 5.75 Å². The van der Waals surface area contributed by atoms with Crippen LogP contribution in [0.3, 0.4) is 0 Å². The molecule has 0 bridgehead atoms. The molecule has 0 aliphatic heterocycles. The monoisotopic (exact) mass is 209 g/mol. The Morgan fingerprint density at radius 3 is 2.53 bits per heavy atom. The number of methoxy groups -OCH3 is 1. The van der Waals surface area contributed by atoms with Gasteiger partial charge in [-0.05, 0) is 19.1 Å². The van der Waals surface area contributed by atoms with E-state index in [-0.39, 0.29) is 6.61 Å². The van der Waals surface area contributed by atoms with Crippen molar-refractivity contribution in [1.29, 1.82) is 0 Å². The molecule has 0 fully saturated rings. The van der Waals surface area contributed by atoms with Crippen LogP contribution < -0.4 is 10.5 Å². The summed E-state index contributed by atoms with van der Waals surface area (Å²) in [5, 5.41) is 0. The molecule has 0 aliphatic rings. The van der Waals surface area contributed by atoms with Gasteiger partial charge in [0.15, 0.2) is 0 Å². The maximum absolute atomic E-state index is 11.0. The third-order valence-electron chi connectivity index (χ3n) is 1.95. The highest BCUT2D eigenvalue weighted by atomic mass is 16.5. The van der Waals surface area contributed by atoms with Crippen molar-refractivity contribution in [2.45, 2.75) is 13.0 Å². The van der Waals surface area contributed by atoms with Crippen LogP contribution >= 0.6 is 0 Å². The molecule has 4 nitrogen and oxygen atoms in total. The number of nitrogens with two attached hydrogens (primary N) is 1. The second kappa shape index (κ2) is 5.36. The minimum Gasteiger partial charge on any atom is -0.491 e. The Kier molecular flexibility index (Phi) is 4.12. The SMILES string of the molecule is COC(=O)C(N)COc1ccc(C)cc1. The Morgan fingerprint density at radius 2 is 2.00 bits per heavy atom. The summed E-state index contributed by atoms with van der Waals surface area (Å²) in [5.74, 6) is 0.224. The lowest BCUT2D eigenvalue weighted by atomic mass is 10.2. The summed E-state index contributed by atoms with van der Waals surface area (Å²) in [6.45, 7) is 2.11. The smallest absolute Gasteiger partial charge is 0.326 e. The molecule has 0 amide bonds. The lowest BCUT2D eigenvalue weighted by molar-refractivity contribution is -0.142. The molecule has 1 aromatic carbocycles.